The van der Waals surface area contributed by atoms with Gasteiger partial charge >= 0.3 is 0 Å². The zero-order valence-corrected chi connectivity index (χ0v) is 11.4. The van der Waals surface area contributed by atoms with E-state index in [1.54, 1.807) is 12.1 Å². The summed E-state index contributed by atoms with van der Waals surface area (Å²) in [5.41, 5.74) is -0.691. The number of rotatable bonds is 7. The minimum absolute atomic E-state index is 0.0995. The van der Waals surface area contributed by atoms with Gasteiger partial charge in [-0.3, -0.25) is 9.59 Å². The Morgan fingerprint density at radius 1 is 1.35 bits per heavy atom. The normalized spacial score (nSPS) is 16.2. The van der Waals surface area contributed by atoms with Crippen LogP contribution in [-0.2, 0) is 4.79 Å². The molecule has 2 rings (SSSR count). The summed E-state index contributed by atoms with van der Waals surface area (Å²) in [5, 5.41) is 15.2. The molecule has 3 N–H and O–H groups in total. The van der Waals surface area contributed by atoms with Gasteiger partial charge in [0.15, 0.2) is 5.76 Å². The van der Waals surface area contributed by atoms with Crippen molar-refractivity contribution in [3.63, 3.8) is 0 Å². The molecule has 1 aromatic heterocycles. The summed E-state index contributed by atoms with van der Waals surface area (Å²) in [7, 11) is 0. The standard InChI is InChI=1S/C14H20N2O4/c17-12(16-10-14(19)6-3-7-14)5-1-8-15-13(18)11-4-2-9-20-11/h2,4,9,19H,1,3,5-8,10H2,(H,15,18)(H,16,17). The Labute approximate surface area is 117 Å². The fraction of sp³-hybridized carbons (Fsp3) is 0.571. The van der Waals surface area contributed by atoms with Gasteiger partial charge in [-0.15, -0.1) is 0 Å². The van der Waals surface area contributed by atoms with E-state index >= 15 is 0 Å². The van der Waals surface area contributed by atoms with Gasteiger partial charge in [-0.2, -0.15) is 0 Å². The molecule has 1 fully saturated rings. The van der Waals surface area contributed by atoms with E-state index in [-0.39, 0.29) is 17.6 Å². The van der Waals surface area contributed by atoms with Crippen molar-refractivity contribution in [2.75, 3.05) is 13.1 Å². The Hall–Kier alpha value is -1.82. The summed E-state index contributed by atoms with van der Waals surface area (Å²) in [5.74, 6) is -0.113. The van der Waals surface area contributed by atoms with Crippen LogP contribution in [0.15, 0.2) is 22.8 Å². The van der Waals surface area contributed by atoms with Crippen LogP contribution in [0.3, 0.4) is 0 Å². The third kappa shape index (κ3) is 4.09. The van der Waals surface area contributed by atoms with Gasteiger partial charge in [0.25, 0.3) is 5.91 Å². The molecular weight excluding hydrogens is 260 g/mol. The molecule has 0 bridgehead atoms. The first kappa shape index (κ1) is 14.6. The van der Waals surface area contributed by atoms with Crippen molar-refractivity contribution in [1.82, 2.24) is 10.6 Å². The van der Waals surface area contributed by atoms with Gasteiger partial charge in [-0.1, -0.05) is 0 Å². The van der Waals surface area contributed by atoms with Crippen LogP contribution in [-0.4, -0.2) is 35.6 Å². The van der Waals surface area contributed by atoms with E-state index in [4.69, 9.17) is 4.42 Å². The summed E-state index contributed by atoms with van der Waals surface area (Å²) < 4.78 is 4.95. The molecule has 6 heteroatoms. The highest BCUT2D eigenvalue weighted by atomic mass is 16.3. The average molecular weight is 280 g/mol. The van der Waals surface area contributed by atoms with Crippen molar-refractivity contribution in [3.05, 3.63) is 24.2 Å². The Balaban J connectivity index is 1.54. The van der Waals surface area contributed by atoms with Crippen LogP contribution in [0.1, 0.15) is 42.7 Å². The SMILES string of the molecule is O=C(CCCNC(=O)c1ccco1)NCC1(O)CCC1. The maximum absolute atomic E-state index is 11.5. The third-order valence-electron chi connectivity index (χ3n) is 3.51. The maximum atomic E-state index is 11.5. The molecule has 1 aliphatic rings. The highest BCUT2D eigenvalue weighted by molar-refractivity contribution is 5.91. The van der Waals surface area contributed by atoms with Gasteiger partial charge in [0.2, 0.25) is 5.91 Å². The molecule has 6 nitrogen and oxygen atoms in total. The Bertz CT molecular complexity index is 452. The minimum Gasteiger partial charge on any atom is -0.459 e. The van der Waals surface area contributed by atoms with Gasteiger partial charge < -0.3 is 20.2 Å². The molecule has 0 aliphatic heterocycles. The largest absolute Gasteiger partial charge is 0.459 e. The number of amides is 2. The average Bonchev–Trinajstić information content (AvgIpc) is 2.93. The number of carbonyl (C=O) groups excluding carboxylic acids is 2. The number of carbonyl (C=O) groups is 2. The lowest BCUT2D eigenvalue weighted by Crippen LogP contribution is -2.47. The highest BCUT2D eigenvalue weighted by Crippen LogP contribution is 2.30. The predicted molar refractivity (Wildman–Crippen MR) is 72.1 cm³/mol. The highest BCUT2D eigenvalue weighted by Gasteiger charge is 2.34. The molecule has 110 valence electrons. The molecule has 0 spiro atoms. The Morgan fingerprint density at radius 3 is 2.75 bits per heavy atom. The molecule has 0 unspecified atom stereocenters. The molecule has 20 heavy (non-hydrogen) atoms. The van der Waals surface area contributed by atoms with Crippen LogP contribution in [0, 0.1) is 0 Å². The van der Waals surface area contributed by atoms with Crippen LogP contribution in [0.5, 0.6) is 0 Å². The van der Waals surface area contributed by atoms with Gasteiger partial charge in [-0.25, -0.2) is 0 Å². The van der Waals surface area contributed by atoms with Crippen LogP contribution in [0.2, 0.25) is 0 Å². The molecule has 0 saturated heterocycles. The first-order chi connectivity index (χ1) is 9.59. The summed E-state index contributed by atoms with van der Waals surface area (Å²) >= 11 is 0. The summed E-state index contributed by atoms with van der Waals surface area (Å²) in [6.45, 7) is 0.738. The summed E-state index contributed by atoms with van der Waals surface area (Å²) in [4.78, 5) is 23.1. The van der Waals surface area contributed by atoms with E-state index in [1.165, 1.54) is 6.26 Å². The van der Waals surface area contributed by atoms with E-state index in [9.17, 15) is 14.7 Å². The molecule has 0 aromatic carbocycles. The monoisotopic (exact) mass is 280 g/mol. The van der Waals surface area contributed by atoms with E-state index in [0.717, 1.165) is 19.3 Å². The first-order valence-electron chi connectivity index (χ1n) is 6.90. The zero-order valence-electron chi connectivity index (χ0n) is 11.4. The maximum Gasteiger partial charge on any atom is 0.286 e. The lowest BCUT2D eigenvalue weighted by molar-refractivity contribution is -0.123. The van der Waals surface area contributed by atoms with Crippen LogP contribution in [0.25, 0.3) is 0 Å². The van der Waals surface area contributed by atoms with E-state index < -0.39 is 5.60 Å². The van der Waals surface area contributed by atoms with Gasteiger partial charge in [-0.05, 0) is 37.8 Å². The molecule has 1 heterocycles. The Kier molecular flexibility index (Phi) is 4.79. The van der Waals surface area contributed by atoms with Crippen LogP contribution in [0.4, 0.5) is 0 Å². The molecule has 1 saturated carbocycles. The number of hydrogen-bond donors (Lipinski definition) is 3. The summed E-state index contributed by atoms with van der Waals surface area (Å²) in [6, 6.07) is 3.23. The predicted octanol–water partition coefficient (Wildman–Crippen LogP) is 0.821. The molecule has 2 amide bonds. The molecule has 0 atom stereocenters. The minimum atomic E-state index is -0.691. The second-order valence-electron chi connectivity index (χ2n) is 5.19. The number of aliphatic hydroxyl groups is 1. The zero-order chi connectivity index (χ0) is 14.4. The van der Waals surface area contributed by atoms with Crippen LogP contribution < -0.4 is 10.6 Å². The van der Waals surface area contributed by atoms with E-state index in [2.05, 4.69) is 10.6 Å². The fourth-order valence-electron chi connectivity index (χ4n) is 2.06. The fourth-order valence-corrected chi connectivity index (χ4v) is 2.06. The smallest absolute Gasteiger partial charge is 0.286 e. The van der Waals surface area contributed by atoms with E-state index in [1.807, 2.05) is 0 Å². The van der Waals surface area contributed by atoms with Gasteiger partial charge in [0.05, 0.1) is 11.9 Å². The topological polar surface area (TPSA) is 91.6 Å². The van der Waals surface area contributed by atoms with E-state index in [0.29, 0.717) is 25.9 Å². The van der Waals surface area contributed by atoms with Gasteiger partial charge in [0, 0.05) is 19.5 Å². The van der Waals surface area contributed by atoms with Crippen molar-refractivity contribution < 1.29 is 19.1 Å². The molecule has 0 radical (unpaired) electrons. The first-order valence-corrected chi connectivity index (χ1v) is 6.90. The van der Waals surface area contributed by atoms with Crippen molar-refractivity contribution in [2.45, 2.75) is 37.7 Å². The lowest BCUT2D eigenvalue weighted by atomic mass is 9.80. The second kappa shape index (κ2) is 6.56. The third-order valence-corrected chi connectivity index (χ3v) is 3.51. The quantitative estimate of drug-likeness (QED) is 0.645. The van der Waals surface area contributed by atoms with Crippen molar-refractivity contribution >= 4 is 11.8 Å². The summed E-state index contributed by atoms with van der Waals surface area (Å²) in [6.07, 6.45) is 4.85. The lowest BCUT2D eigenvalue weighted by Gasteiger charge is -2.36. The molecular formula is C14H20N2O4. The van der Waals surface area contributed by atoms with Crippen LogP contribution >= 0.6 is 0 Å². The molecule has 1 aromatic rings. The van der Waals surface area contributed by atoms with Crippen molar-refractivity contribution in [2.24, 2.45) is 0 Å². The second-order valence-corrected chi connectivity index (χ2v) is 5.19. The number of hydrogen-bond acceptors (Lipinski definition) is 4. The van der Waals surface area contributed by atoms with Crippen molar-refractivity contribution in [3.8, 4) is 0 Å². The number of furan rings is 1. The Morgan fingerprint density at radius 2 is 2.15 bits per heavy atom. The van der Waals surface area contributed by atoms with Gasteiger partial charge in [0.1, 0.15) is 0 Å². The molecule has 1 aliphatic carbocycles. The number of nitrogens with one attached hydrogen (secondary N) is 2. The van der Waals surface area contributed by atoms with Crippen molar-refractivity contribution in [1.29, 1.82) is 0 Å².